The van der Waals surface area contributed by atoms with Gasteiger partial charge in [-0.3, -0.25) is 9.40 Å². The third-order valence-corrected chi connectivity index (χ3v) is 3.81. The zero-order chi connectivity index (χ0) is 14.8. The molecular weight excluding hydrogens is 292 g/mol. The van der Waals surface area contributed by atoms with Crippen LogP contribution in [0.25, 0.3) is 0 Å². The van der Waals surface area contributed by atoms with Crippen LogP contribution < -0.4 is 10.0 Å². The number of alkyl halides is 2. The van der Waals surface area contributed by atoms with Crippen molar-refractivity contribution in [2.24, 2.45) is 0 Å². The molecule has 0 spiro atoms. The van der Waals surface area contributed by atoms with E-state index in [2.05, 4.69) is 15.1 Å². The van der Waals surface area contributed by atoms with Crippen molar-refractivity contribution in [3.63, 3.8) is 0 Å². The molecule has 1 aromatic rings. The van der Waals surface area contributed by atoms with Gasteiger partial charge in [0, 0.05) is 31.1 Å². The second-order valence-corrected chi connectivity index (χ2v) is 5.80. The summed E-state index contributed by atoms with van der Waals surface area (Å²) in [4.78, 5) is 0. The molecule has 0 saturated carbocycles. The summed E-state index contributed by atoms with van der Waals surface area (Å²) in [6.07, 6.45) is -0.220. The lowest BCUT2D eigenvalue weighted by molar-refractivity contribution is 0.121. The van der Waals surface area contributed by atoms with Gasteiger partial charge < -0.3 is 10.7 Å². The Balaban J connectivity index is 2.10. The zero-order valence-corrected chi connectivity index (χ0v) is 11.1. The first-order valence-electron chi connectivity index (χ1n) is 5.70. The lowest BCUT2D eigenvalue weighted by Gasteiger charge is -2.02. The van der Waals surface area contributed by atoms with Gasteiger partial charge in [-0.15, -0.1) is 0 Å². The van der Waals surface area contributed by atoms with E-state index >= 15 is 0 Å². The van der Waals surface area contributed by atoms with Crippen molar-refractivity contribution in [1.29, 1.82) is 5.41 Å². The van der Waals surface area contributed by atoms with Gasteiger partial charge >= 0.3 is 0 Å². The van der Waals surface area contributed by atoms with Crippen molar-refractivity contribution in [3.05, 3.63) is 24.0 Å². The van der Waals surface area contributed by atoms with Crippen LogP contribution in [0.2, 0.25) is 0 Å². The molecule has 0 bridgehead atoms. The van der Waals surface area contributed by atoms with E-state index in [-0.39, 0.29) is 5.03 Å². The second kappa shape index (κ2) is 5.67. The van der Waals surface area contributed by atoms with Crippen molar-refractivity contribution in [1.82, 2.24) is 19.8 Å². The fraction of sp³-hybridized carbons (Fsp3) is 0.400. The van der Waals surface area contributed by atoms with Gasteiger partial charge in [0.05, 0.1) is 5.71 Å². The van der Waals surface area contributed by atoms with E-state index in [1.165, 1.54) is 12.4 Å². The van der Waals surface area contributed by atoms with Gasteiger partial charge in [-0.2, -0.15) is 13.5 Å². The molecule has 1 aliphatic rings. The Morgan fingerprint density at radius 2 is 2.30 bits per heavy atom. The molecule has 7 nitrogen and oxygen atoms in total. The smallest absolute Gasteiger partial charge is 0.280 e. The van der Waals surface area contributed by atoms with E-state index in [9.17, 15) is 17.2 Å². The Hall–Kier alpha value is -1.81. The SMILES string of the molecule is N=C1CNC/C1=C/NS(=O)(=O)c1ccn(CC(F)F)n1. The van der Waals surface area contributed by atoms with Crippen molar-refractivity contribution >= 4 is 15.7 Å². The molecule has 3 N–H and O–H groups in total. The predicted octanol–water partition coefficient (Wildman–Crippen LogP) is -0.0666. The molecule has 0 aliphatic carbocycles. The van der Waals surface area contributed by atoms with Crippen molar-refractivity contribution in [2.45, 2.75) is 18.0 Å². The van der Waals surface area contributed by atoms with Gasteiger partial charge in [0.2, 0.25) is 0 Å². The minimum Gasteiger partial charge on any atom is -0.307 e. The number of nitrogens with zero attached hydrogens (tertiary/aromatic N) is 2. The quantitative estimate of drug-likeness (QED) is 0.709. The lowest BCUT2D eigenvalue weighted by Crippen LogP contribution is -2.20. The van der Waals surface area contributed by atoms with E-state index in [4.69, 9.17) is 5.41 Å². The lowest BCUT2D eigenvalue weighted by atomic mass is 10.2. The average molecular weight is 305 g/mol. The number of hydrogen-bond acceptors (Lipinski definition) is 5. The third kappa shape index (κ3) is 3.39. The van der Waals surface area contributed by atoms with Crippen LogP contribution in [0, 0.1) is 5.41 Å². The van der Waals surface area contributed by atoms with Crippen molar-refractivity contribution < 1.29 is 17.2 Å². The van der Waals surface area contributed by atoms with Gasteiger partial charge in [-0.1, -0.05) is 0 Å². The fourth-order valence-corrected chi connectivity index (χ4v) is 2.49. The summed E-state index contributed by atoms with van der Waals surface area (Å²) in [5, 5.41) is 13.7. The fourth-order valence-electron chi connectivity index (χ4n) is 1.62. The van der Waals surface area contributed by atoms with Crippen LogP contribution in [-0.2, 0) is 16.6 Å². The van der Waals surface area contributed by atoms with Crippen LogP contribution in [0.1, 0.15) is 0 Å². The minimum atomic E-state index is -3.91. The molecule has 2 heterocycles. The summed E-state index contributed by atoms with van der Waals surface area (Å²) in [7, 11) is -3.91. The monoisotopic (exact) mass is 305 g/mol. The molecule has 2 rings (SSSR count). The molecule has 0 amide bonds. The molecule has 110 valence electrons. The highest BCUT2D eigenvalue weighted by atomic mass is 32.2. The van der Waals surface area contributed by atoms with Crippen molar-refractivity contribution in [2.75, 3.05) is 13.1 Å². The number of rotatable bonds is 5. The summed E-state index contributed by atoms with van der Waals surface area (Å²) in [5.74, 6) is 0. The number of sulfonamides is 1. The first-order valence-corrected chi connectivity index (χ1v) is 7.18. The van der Waals surface area contributed by atoms with Gasteiger partial charge in [0.15, 0.2) is 5.03 Å². The van der Waals surface area contributed by atoms with E-state index in [0.29, 0.717) is 24.4 Å². The molecule has 20 heavy (non-hydrogen) atoms. The van der Waals surface area contributed by atoms with E-state index in [1.54, 1.807) is 0 Å². The minimum absolute atomic E-state index is 0.302. The van der Waals surface area contributed by atoms with Crippen LogP contribution in [0.3, 0.4) is 0 Å². The van der Waals surface area contributed by atoms with Gasteiger partial charge in [0.25, 0.3) is 16.4 Å². The van der Waals surface area contributed by atoms with E-state index in [0.717, 1.165) is 10.7 Å². The maximum absolute atomic E-state index is 12.2. The van der Waals surface area contributed by atoms with Crippen LogP contribution in [0.4, 0.5) is 8.78 Å². The summed E-state index contributed by atoms with van der Waals surface area (Å²) in [5.41, 5.74) is 0.830. The molecule has 0 unspecified atom stereocenters. The second-order valence-electron chi connectivity index (χ2n) is 4.14. The summed E-state index contributed by atoms with van der Waals surface area (Å²) in [6, 6.07) is 1.14. The standard InChI is InChI=1S/C10H13F2N5O2S/c11-9(12)6-17-2-1-10(16-17)20(18,19)15-4-7-3-14-5-8(7)13/h1-2,4,9,13-15H,3,5-6H2/b7-4-,13-8?. The first kappa shape index (κ1) is 14.6. The normalized spacial score (nSPS) is 18.1. The molecule has 1 saturated heterocycles. The number of halogens is 2. The Kier molecular flexibility index (Phi) is 4.14. The van der Waals surface area contributed by atoms with Crippen LogP contribution in [-0.4, -0.2) is 43.4 Å². The molecule has 1 aliphatic heterocycles. The maximum atomic E-state index is 12.2. The summed E-state index contributed by atoms with van der Waals surface area (Å²) >= 11 is 0. The highest BCUT2D eigenvalue weighted by Gasteiger charge is 2.19. The van der Waals surface area contributed by atoms with E-state index in [1.807, 2.05) is 0 Å². The zero-order valence-electron chi connectivity index (χ0n) is 10.3. The molecule has 10 heteroatoms. The largest absolute Gasteiger partial charge is 0.307 e. The van der Waals surface area contributed by atoms with E-state index < -0.39 is 23.0 Å². The molecule has 0 atom stereocenters. The molecule has 1 fully saturated rings. The van der Waals surface area contributed by atoms with Gasteiger partial charge in [0.1, 0.15) is 6.54 Å². The topological polar surface area (TPSA) is 99.9 Å². The number of nitrogens with one attached hydrogen (secondary N) is 3. The molecule has 0 aromatic carbocycles. The highest BCUT2D eigenvalue weighted by molar-refractivity contribution is 7.89. The predicted molar refractivity (Wildman–Crippen MR) is 67.2 cm³/mol. The Morgan fingerprint density at radius 1 is 1.55 bits per heavy atom. The molecular formula is C10H13F2N5O2S. The molecule has 0 radical (unpaired) electrons. The first-order chi connectivity index (χ1) is 9.38. The Bertz CT molecular complexity index is 638. The summed E-state index contributed by atoms with van der Waals surface area (Å²) < 4.78 is 51.1. The van der Waals surface area contributed by atoms with Crippen molar-refractivity contribution in [3.8, 4) is 0 Å². The maximum Gasteiger partial charge on any atom is 0.280 e. The Morgan fingerprint density at radius 3 is 2.90 bits per heavy atom. The highest BCUT2D eigenvalue weighted by Crippen LogP contribution is 2.08. The van der Waals surface area contributed by atoms with Crippen LogP contribution in [0.5, 0.6) is 0 Å². The van der Waals surface area contributed by atoms with Gasteiger partial charge in [-0.25, -0.2) is 8.78 Å². The summed E-state index contributed by atoms with van der Waals surface area (Å²) in [6.45, 7) is 0.128. The third-order valence-electron chi connectivity index (χ3n) is 2.61. The van der Waals surface area contributed by atoms with Crippen LogP contribution >= 0.6 is 0 Å². The number of hydrogen-bond donors (Lipinski definition) is 3. The average Bonchev–Trinajstić information content (AvgIpc) is 2.95. The molecule has 1 aromatic heterocycles. The van der Waals surface area contributed by atoms with Crippen LogP contribution in [0.15, 0.2) is 29.1 Å². The Labute approximate surface area is 114 Å². The van der Waals surface area contributed by atoms with Gasteiger partial charge in [-0.05, 0) is 6.07 Å². The number of aromatic nitrogens is 2.